The second kappa shape index (κ2) is 3.25. The molecule has 0 saturated heterocycles. The summed E-state index contributed by atoms with van der Waals surface area (Å²) in [5, 5.41) is 10.2. The molecule has 3 nitrogen and oxygen atoms in total. The van der Waals surface area contributed by atoms with Crippen molar-refractivity contribution in [1.29, 1.82) is 0 Å². The summed E-state index contributed by atoms with van der Waals surface area (Å²) in [5.41, 5.74) is 1.17. The molecule has 12 heavy (non-hydrogen) atoms. The average Bonchev–Trinajstić information content (AvgIpc) is 1.82. The number of nitrogens with zero attached hydrogens (tertiary/aromatic N) is 1. The van der Waals surface area contributed by atoms with Gasteiger partial charge in [0, 0.05) is 4.92 Å². The molecule has 0 bridgehead atoms. The third-order valence-corrected chi connectivity index (χ3v) is 2.25. The fourth-order valence-electron chi connectivity index (χ4n) is 1.76. The van der Waals surface area contributed by atoms with Crippen LogP contribution in [0.4, 0.5) is 0 Å². The van der Waals surface area contributed by atoms with E-state index in [0.29, 0.717) is 0 Å². The molecule has 0 heterocycles. The van der Waals surface area contributed by atoms with Gasteiger partial charge in [0.2, 0.25) is 6.54 Å². The summed E-state index contributed by atoms with van der Waals surface area (Å²) in [6, 6.07) is 0. The molecule has 0 saturated carbocycles. The van der Waals surface area contributed by atoms with Crippen LogP contribution < -0.4 is 0 Å². The largest absolute Gasteiger partial charge is 0.264 e. The lowest BCUT2D eigenvalue weighted by molar-refractivity contribution is -0.471. The summed E-state index contributed by atoms with van der Waals surface area (Å²) in [7, 11) is 0. The zero-order valence-corrected chi connectivity index (χ0v) is 7.67. The van der Waals surface area contributed by atoms with Crippen molar-refractivity contribution in [3.8, 4) is 0 Å². The van der Waals surface area contributed by atoms with E-state index >= 15 is 0 Å². The van der Waals surface area contributed by atoms with Crippen molar-refractivity contribution in [2.24, 2.45) is 5.41 Å². The van der Waals surface area contributed by atoms with Gasteiger partial charge in [0.05, 0.1) is 0 Å². The summed E-state index contributed by atoms with van der Waals surface area (Å²) in [4.78, 5) is 10.0. The van der Waals surface area contributed by atoms with Crippen LogP contribution in [0.25, 0.3) is 0 Å². The molecule has 0 aromatic carbocycles. The standard InChI is InChI=1S/C9H15NO2/c1-9(2)5-3-4-8(6-9)7-10(11)12/h6H,3-5,7H2,1-2H3. The average molecular weight is 169 g/mol. The number of rotatable bonds is 2. The Labute approximate surface area is 72.6 Å². The lowest BCUT2D eigenvalue weighted by atomic mass is 9.80. The molecule has 0 fully saturated rings. The normalized spacial score (nSPS) is 21.7. The van der Waals surface area contributed by atoms with Gasteiger partial charge in [0.1, 0.15) is 0 Å². The number of hydrogen-bond acceptors (Lipinski definition) is 2. The molecular formula is C9H15NO2. The lowest BCUT2D eigenvalue weighted by Gasteiger charge is -2.25. The number of nitro groups is 1. The van der Waals surface area contributed by atoms with Crippen molar-refractivity contribution < 1.29 is 4.92 Å². The van der Waals surface area contributed by atoms with Gasteiger partial charge in [-0.25, -0.2) is 0 Å². The predicted molar refractivity (Wildman–Crippen MR) is 47.6 cm³/mol. The van der Waals surface area contributed by atoms with Crippen molar-refractivity contribution in [3.05, 3.63) is 21.8 Å². The molecule has 0 unspecified atom stereocenters. The topological polar surface area (TPSA) is 43.1 Å². The number of allylic oxidation sites excluding steroid dienone is 1. The zero-order chi connectivity index (χ0) is 9.19. The van der Waals surface area contributed by atoms with E-state index in [0.717, 1.165) is 24.8 Å². The van der Waals surface area contributed by atoms with Crippen LogP contribution in [-0.2, 0) is 0 Å². The molecule has 68 valence electrons. The smallest absolute Gasteiger partial charge is 0.224 e. The van der Waals surface area contributed by atoms with Gasteiger partial charge < -0.3 is 0 Å². The molecule has 1 aliphatic carbocycles. The molecule has 0 amide bonds. The molecule has 1 rings (SSSR count). The molecular weight excluding hydrogens is 154 g/mol. The Hall–Kier alpha value is -0.860. The molecule has 0 aromatic rings. The summed E-state index contributed by atoms with van der Waals surface area (Å²) < 4.78 is 0. The van der Waals surface area contributed by atoms with Crippen LogP contribution in [0, 0.1) is 15.5 Å². The Morgan fingerprint density at radius 2 is 2.33 bits per heavy atom. The highest BCUT2D eigenvalue weighted by molar-refractivity contribution is 5.11. The SMILES string of the molecule is CC1(C)C=C(C[N+](=O)[O-])CCC1. The van der Waals surface area contributed by atoms with Crippen molar-refractivity contribution in [2.45, 2.75) is 33.1 Å². The summed E-state index contributed by atoms with van der Waals surface area (Å²) in [6.45, 7) is 4.29. The van der Waals surface area contributed by atoms with Crippen molar-refractivity contribution in [1.82, 2.24) is 0 Å². The first-order valence-electron chi connectivity index (χ1n) is 4.32. The highest BCUT2D eigenvalue weighted by Gasteiger charge is 2.21. The minimum atomic E-state index is -0.243. The van der Waals surface area contributed by atoms with Crippen LogP contribution in [0.15, 0.2) is 11.6 Å². The van der Waals surface area contributed by atoms with Crippen LogP contribution in [0.3, 0.4) is 0 Å². The van der Waals surface area contributed by atoms with Gasteiger partial charge in [-0.15, -0.1) is 0 Å². The number of hydrogen-bond donors (Lipinski definition) is 0. The van der Waals surface area contributed by atoms with Gasteiger partial charge in [-0.05, 0) is 30.3 Å². The molecule has 0 N–H and O–H groups in total. The van der Waals surface area contributed by atoms with Gasteiger partial charge in [-0.3, -0.25) is 10.1 Å². The van der Waals surface area contributed by atoms with Gasteiger partial charge >= 0.3 is 0 Å². The highest BCUT2D eigenvalue weighted by Crippen LogP contribution is 2.32. The second-order valence-electron chi connectivity index (χ2n) is 4.14. The maximum absolute atomic E-state index is 10.2. The maximum Gasteiger partial charge on any atom is 0.224 e. The summed E-state index contributed by atoms with van der Waals surface area (Å²) in [6.07, 6.45) is 5.21. The molecule has 3 heteroatoms. The van der Waals surface area contributed by atoms with Crippen LogP contribution in [0.5, 0.6) is 0 Å². The van der Waals surface area contributed by atoms with Crippen molar-refractivity contribution >= 4 is 0 Å². The minimum Gasteiger partial charge on any atom is -0.264 e. The van der Waals surface area contributed by atoms with E-state index in [2.05, 4.69) is 19.9 Å². The van der Waals surface area contributed by atoms with Gasteiger partial charge in [-0.1, -0.05) is 19.9 Å². The quantitative estimate of drug-likeness (QED) is 0.362. The van der Waals surface area contributed by atoms with Crippen LogP contribution in [0.1, 0.15) is 33.1 Å². The Morgan fingerprint density at radius 3 is 2.83 bits per heavy atom. The second-order valence-corrected chi connectivity index (χ2v) is 4.14. The van der Waals surface area contributed by atoms with E-state index in [4.69, 9.17) is 0 Å². The molecule has 1 aliphatic rings. The van der Waals surface area contributed by atoms with E-state index in [9.17, 15) is 10.1 Å². The van der Waals surface area contributed by atoms with Crippen LogP contribution in [0.2, 0.25) is 0 Å². The lowest BCUT2D eigenvalue weighted by Crippen LogP contribution is -2.16. The van der Waals surface area contributed by atoms with E-state index in [-0.39, 0.29) is 16.9 Å². The first-order valence-corrected chi connectivity index (χ1v) is 4.32. The Bertz CT molecular complexity index is 219. The third kappa shape index (κ3) is 2.64. The zero-order valence-electron chi connectivity index (χ0n) is 7.67. The summed E-state index contributed by atoms with van der Waals surface area (Å²) in [5.74, 6) is 0. The van der Waals surface area contributed by atoms with Gasteiger partial charge in [-0.2, -0.15) is 0 Å². The fraction of sp³-hybridized carbons (Fsp3) is 0.778. The first kappa shape index (κ1) is 9.23. The third-order valence-electron chi connectivity index (χ3n) is 2.25. The fourth-order valence-corrected chi connectivity index (χ4v) is 1.76. The molecule has 0 spiro atoms. The van der Waals surface area contributed by atoms with Crippen LogP contribution in [-0.4, -0.2) is 11.5 Å². The minimum absolute atomic E-state index is 0.0312. The van der Waals surface area contributed by atoms with E-state index < -0.39 is 0 Å². The molecule has 0 aromatic heterocycles. The van der Waals surface area contributed by atoms with E-state index in [1.807, 2.05) is 0 Å². The first-order chi connectivity index (χ1) is 5.49. The van der Waals surface area contributed by atoms with Crippen molar-refractivity contribution in [3.63, 3.8) is 0 Å². The van der Waals surface area contributed by atoms with Gasteiger partial charge in [0.25, 0.3) is 0 Å². The molecule has 0 aliphatic heterocycles. The van der Waals surface area contributed by atoms with Crippen molar-refractivity contribution in [2.75, 3.05) is 6.54 Å². The Balaban J connectivity index is 2.64. The van der Waals surface area contributed by atoms with E-state index in [1.54, 1.807) is 0 Å². The molecule has 0 radical (unpaired) electrons. The highest BCUT2D eigenvalue weighted by atomic mass is 16.6. The van der Waals surface area contributed by atoms with Gasteiger partial charge in [0.15, 0.2) is 0 Å². The Morgan fingerprint density at radius 1 is 1.67 bits per heavy atom. The van der Waals surface area contributed by atoms with E-state index in [1.165, 1.54) is 0 Å². The predicted octanol–water partition coefficient (Wildman–Crippen LogP) is 2.40. The Kier molecular flexibility index (Phi) is 2.50. The maximum atomic E-state index is 10.2. The monoisotopic (exact) mass is 169 g/mol. The molecule has 0 atom stereocenters. The van der Waals surface area contributed by atoms with Crippen LogP contribution >= 0.6 is 0 Å². The summed E-state index contributed by atoms with van der Waals surface area (Å²) >= 11 is 0.